The van der Waals surface area contributed by atoms with E-state index in [4.69, 9.17) is 13.9 Å². The van der Waals surface area contributed by atoms with E-state index in [-0.39, 0.29) is 42.5 Å². The van der Waals surface area contributed by atoms with Gasteiger partial charge in [-0.05, 0) is 70.9 Å². The number of hydrogen-bond acceptors (Lipinski definition) is 10. The molecule has 0 bridgehead atoms. The zero-order valence-corrected chi connectivity index (χ0v) is 28.9. The Morgan fingerprint density at radius 2 is 1.71 bits per heavy atom. The van der Waals surface area contributed by atoms with Crippen molar-refractivity contribution in [2.45, 2.75) is 97.8 Å². The Bertz CT molecular complexity index is 1450. The van der Waals surface area contributed by atoms with Crippen molar-refractivity contribution in [3.63, 3.8) is 0 Å². The van der Waals surface area contributed by atoms with Crippen molar-refractivity contribution >= 4 is 36.1 Å². The van der Waals surface area contributed by atoms with Crippen molar-refractivity contribution in [3.05, 3.63) is 41.7 Å². The fraction of sp³-hybridized carbons (Fsp3) is 0.529. The molecule has 2 aromatic rings. The molecule has 1 aromatic heterocycles. The molecule has 2 rings (SSSR count). The Balaban J connectivity index is 2.20. The molecule has 1 heterocycles. The number of carboxylic acid groups (broad SMARTS) is 1. The minimum absolute atomic E-state index is 0.0277. The van der Waals surface area contributed by atoms with E-state index >= 15 is 0 Å². The van der Waals surface area contributed by atoms with E-state index in [0.717, 1.165) is 19.3 Å². The molecule has 0 saturated heterocycles. The van der Waals surface area contributed by atoms with Crippen LogP contribution in [-0.4, -0.2) is 82.4 Å². The average molecular weight is 689 g/mol. The number of esters is 1. The van der Waals surface area contributed by atoms with E-state index in [1.54, 1.807) is 40.7 Å². The van der Waals surface area contributed by atoms with Crippen molar-refractivity contribution in [1.82, 2.24) is 21.0 Å². The number of amides is 4. The summed E-state index contributed by atoms with van der Waals surface area (Å²) in [7, 11) is 0. The van der Waals surface area contributed by atoms with Gasteiger partial charge in [-0.15, -0.1) is 0 Å². The third kappa shape index (κ3) is 12.9. The Morgan fingerprint density at radius 3 is 2.31 bits per heavy atom. The number of furan rings is 1. The molecular formula is C34H48N4O11. The van der Waals surface area contributed by atoms with Gasteiger partial charge >= 0.3 is 11.9 Å². The molecule has 0 aliphatic heterocycles. The minimum atomic E-state index is -1.46. The van der Waals surface area contributed by atoms with Crippen LogP contribution in [0.2, 0.25) is 0 Å². The van der Waals surface area contributed by atoms with Gasteiger partial charge in [-0.1, -0.05) is 33.1 Å². The topological polar surface area (TPSA) is 214 Å². The largest absolute Gasteiger partial charge is 0.494 e. The molecule has 0 spiro atoms. The highest BCUT2D eigenvalue weighted by atomic mass is 16.6. The first-order valence-corrected chi connectivity index (χ1v) is 16.3. The van der Waals surface area contributed by atoms with Gasteiger partial charge in [-0.2, -0.15) is 0 Å². The summed E-state index contributed by atoms with van der Waals surface area (Å²) < 4.78 is 16.6. The Kier molecular flexibility index (Phi) is 15.7. The second kappa shape index (κ2) is 19.2. The third-order valence-corrected chi connectivity index (χ3v) is 7.27. The summed E-state index contributed by atoms with van der Waals surface area (Å²) in [5.74, 6) is -4.39. The normalized spacial score (nSPS) is 13.0. The van der Waals surface area contributed by atoms with Crippen LogP contribution in [0, 0.1) is 5.92 Å². The Labute approximate surface area is 285 Å². The number of nitrogens with zero attached hydrogens (tertiary/aromatic N) is 1. The van der Waals surface area contributed by atoms with E-state index in [9.17, 15) is 39.1 Å². The van der Waals surface area contributed by atoms with Crippen LogP contribution in [0.4, 0.5) is 0 Å². The number of carbonyl (C=O) groups is 6. The summed E-state index contributed by atoms with van der Waals surface area (Å²) in [6, 6.07) is 5.14. The maximum Gasteiger partial charge on any atom is 0.329 e. The monoisotopic (exact) mass is 688 g/mol. The summed E-state index contributed by atoms with van der Waals surface area (Å²) in [5.41, 5.74) is -0.539. The fourth-order valence-electron chi connectivity index (χ4n) is 5.00. The van der Waals surface area contributed by atoms with Crippen molar-refractivity contribution in [2.24, 2.45) is 5.92 Å². The first-order chi connectivity index (χ1) is 23.1. The number of carbonyl (C=O) groups excluding carboxylic acids is 5. The molecular weight excluding hydrogens is 640 g/mol. The molecule has 1 aromatic carbocycles. The second-order valence-electron chi connectivity index (χ2n) is 12.3. The molecule has 4 amide bonds. The summed E-state index contributed by atoms with van der Waals surface area (Å²) in [6.45, 7) is 10.4. The zero-order valence-electron chi connectivity index (χ0n) is 28.9. The summed E-state index contributed by atoms with van der Waals surface area (Å²) in [5, 5.41) is 27.4. The van der Waals surface area contributed by atoms with E-state index in [1.807, 2.05) is 6.92 Å². The molecule has 3 atom stereocenters. The minimum Gasteiger partial charge on any atom is -0.494 e. The lowest BCUT2D eigenvalue weighted by molar-refractivity contribution is -0.168. The van der Waals surface area contributed by atoms with Crippen LogP contribution >= 0.6 is 0 Å². The number of rotatable bonds is 20. The molecule has 0 aliphatic carbocycles. The Morgan fingerprint density at radius 1 is 1.00 bits per heavy atom. The average Bonchev–Trinajstić information content (AvgIpc) is 3.53. The van der Waals surface area contributed by atoms with Gasteiger partial charge in [0.1, 0.15) is 23.2 Å². The van der Waals surface area contributed by atoms with Crippen molar-refractivity contribution in [2.75, 3.05) is 13.3 Å². The summed E-state index contributed by atoms with van der Waals surface area (Å²) >= 11 is 0. The van der Waals surface area contributed by atoms with Crippen LogP contribution in [0.3, 0.4) is 0 Å². The fourth-order valence-corrected chi connectivity index (χ4v) is 5.00. The van der Waals surface area contributed by atoms with Crippen LogP contribution in [0.5, 0.6) is 5.75 Å². The van der Waals surface area contributed by atoms with Crippen molar-refractivity contribution in [1.29, 1.82) is 0 Å². The molecule has 0 fully saturated rings. The molecule has 5 N–H and O–H groups in total. The predicted octanol–water partition coefficient (Wildman–Crippen LogP) is 3.89. The third-order valence-electron chi connectivity index (χ3n) is 7.27. The molecule has 0 aliphatic rings. The lowest BCUT2D eigenvalue weighted by Gasteiger charge is -2.29. The molecule has 15 heteroatoms. The first kappa shape index (κ1) is 40.3. The highest BCUT2D eigenvalue weighted by Gasteiger charge is 2.31. The van der Waals surface area contributed by atoms with E-state index in [0.29, 0.717) is 23.5 Å². The summed E-state index contributed by atoms with van der Waals surface area (Å²) in [6.07, 6.45) is 2.88. The number of benzene rings is 1. The number of ether oxygens (including phenoxy) is 2. The highest BCUT2D eigenvalue weighted by Crippen LogP contribution is 2.28. The maximum atomic E-state index is 13.2. The molecule has 15 nitrogen and oxygen atoms in total. The number of hydroxylamine groups is 2. The van der Waals surface area contributed by atoms with Crippen LogP contribution in [-0.2, 0) is 23.9 Å². The highest BCUT2D eigenvalue weighted by molar-refractivity contribution is 5.99. The number of carboxylic acids is 1. The van der Waals surface area contributed by atoms with Gasteiger partial charge < -0.3 is 34.9 Å². The second-order valence-corrected chi connectivity index (χ2v) is 12.3. The van der Waals surface area contributed by atoms with Gasteiger partial charge in [0.25, 0.3) is 11.8 Å². The molecule has 270 valence electrons. The van der Waals surface area contributed by atoms with Crippen LogP contribution < -0.4 is 20.7 Å². The lowest BCUT2D eigenvalue weighted by atomic mass is 9.90. The summed E-state index contributed by atoms with van der Waals surface area (Å²) in [4.78, 5) is 74.4. The van der Waals surface area contributed by atoms with Gasteiger partial charge in [-0.3, -0.25) is 29.2 Å². The number of nitrogens with one attached hydrogen (secondary N) is 3. The van der Waals surface area contributed by atoms with Gasteiger partial charge in [0.2, 0.25) is 12.3 Å². The quantitative estimate of drug-likeness (QED) is 0.0336. The first-order valence-electron chi connectivity index (χ1n) is 16.3. The van der Waals surface area contributed by atoms with E-state index < -0.39 is 59.7 Å². The molecule has 2 unspecified atom stereocenters. The Hall–Kier alpha value is -4.92. The molecule has 49 heavy (non-hydrogen) atoms. The van der Waals surface area contributed by atoms with Gasteiger partial charge in [-0.25, -0.2) is 9.86 Å². The zero-order chi connectivity index (χ0) is 36.7. The molecule has 0 radical (unpaired) electrons. The number of aliphatic carboxylic acids is 1. The number of hydrogen-bond donors (Lipinski definition) is 5. The van der Waals surface area contributed by atoms with Crippen LogP contribution in [0.25, 0.3) is 11.3 Å². The van der Waals surface area contributed by atoms with Gasteiger partial charge in [0.15, 0.2) is 5.76 Å². The van der Waals surface area contributed by atoms with Crippen molar-refractivity contribution in [3.8, 4) is 17.1 Å². The predicted molar refractivity (Wildman–Crippen MR) is 177 cm³/mol. The SMILES string of the molecule is CCCCCC(C(=O)NCNC(=O)c1ccc(-c2cc(OCC)cc(C(=O)NC(CC(=O)O)C(=O)OC(C)(C)C)c2)o1)[C@@H](CC)N(O)C=O. The van der Waals surface area contributed by atoms with E-state index in [1.165, 1.54) is 24.3 Å². The number of unbranched alkanes of at least 4 members (excludes halogenated alkanes) is 2. The lowest BCUT2D eigenvalue weighted by Crippen LogP contribution is -2.47. The van der Waals surface area contributed by atoms with Crippen LogP contribution in [0.15, 0.2) is 34.7 Å². The maximum absolute atomic E-state index is 13.2. The molecule has 0 saturated carbocycles. The van der Waals surface area contributed by atoms with Crippen molar-refractivity contribution < 1.29 is 53.0 Å². The smallest absolute Gasteiger partial charge is 0.329 e. The van der Waals surface area contributed by atoms with Gasteiger partial charge in [0.05, 0.1) is 31.7 Å². The van der Waals surface area contributed by atoms with Crippen LogP contribution in [0.1, 0.15) is 101 Å². The standard InChI is InChI=1S/C34H48N4O11/c1-7-10-11-12-24(26(8-2)38(46)20-39)31(43)35-19-36-32(44)28-14-13-27(48-28)21-15-22(17-23(16-21)47-9-3)30(42)37-25(18-29(40)41)33(45)49-34(4,5)6/h13-17,20,24-26,46H,7-12,18-19H2,1-6H3,(H,35,43)(H,36,44)(H,37,42)(H,40,41)/t24?,25?,26-/m1/s1. The van der Waals surface area contributed by atoms with Gasteiger partial charge in [0, 0.05) is 11.1 Å². The van der Waals surface area contributed by atoms with E-state index in [2.05, 4.69) is 16.0 Å².